The van der Waals surface area contributed by atoms with Crippen molar-refractivity contribution in [3.8, 4) is 11.5 Å². The average Bonchev–Trinajstić information content (AvgIpc) is 2.51. The molecule has 4 nitrogen and oxygen atoms in total. The van der Waals surface area contributed by atoms with Crippen LogP contribution in [0.25, 0.3) is 0 Å². The highest BCUT2D eigenvalue weighted by molar-refractivity contribution is 9.10. The number of fused-ring (bicyclic) bond motifs is 1. The van der Waals surface area contributed by atoms with E-state index in [2.05, 4.69) is 40.4 Å². The number of hydrazine groups is 1. The Labute approximate surface area is 132 Å². The van der Waals surface area contributed by atoms with Crippen LogP contribution in [-0.2, 0) is 0 Å². The molecule has 0 aliphatic carbocycles. The van der Waals surface area contributed by atoms with Gasteiger partial charge < -0.3 is 9.47 Å². The molecule has 1 aliphatic rings. The third-order valence-corrected chi connectivity index (χ3v) is 4.11. The van der Waals surface area contributed by atoms with E-state index in [-0.39, 0.29) is 6.04 Å². The lowest BCUT2D eigenvalue weighted by molar-refractivity contribution is 0.171. The van der Waals surface area contributed by atoms with Crippen LogP contribution >= 0.6 is 15.9 Å². The number of ether oxygens (including phenoxy) is 2. The maximum absolute atomic E-state index is 5.79. The number of halogens is 1. The zero-order valence-corrected chi connectivity index (χ0v) is 13.3. The Morgan fingerprint density at radius 2 is 1.86 bits per heavy atom. The van der Waals surface area contributed by atoms with Gasteiger partial charge in [0, 0.05) is 4.47 Å². The predicted octanol–water partition coefficient (Wildman–Crippen LogP) is 3.08. The van der Waals surface area contributed by atoms with Gasteiger partial charge in [-0.1, -0.05) is 28.1 Å². The van der Waals surface area contributed by atoms with Crippen molar-refractivity contribution in [2.24, 2.45) is 5.84 Å². The number of nitrogens with one attached hydrogen (secondary N) is 1. The Morgan fingerprint density at radius 1 is 1.10 bits per heavy atom. The van der Waals surface area contributed by atoms with Crippen molar-refractivity contribution < 1.29 is 9.47 Å². The molecule has 2 aromatic rings. The van der Waals surface area contributed by atoms with Crippen LogP contribution in [0.3, 0.4) is 0 Å². The van der Waals surface area contributed by atoms with Crippen molar-refractivity contribution in [1.82, 2.24) is 5.43 Å². The number of rotatable bonds is 3. The maximum atomic E-state index is 5.79. The molecule has 0 radical (unpaired) electrons. The molecule has 1 aliphatic heterocycles. The molecule has 0 aromatic heterocycles. The minimum absolute atomic E-state index is 0.0988. The van der Waals surface area contributed by atoms with Crippen molar-refractivity contribution in [2.45, 2.75) is 13.0 Å². The van der Waals surface area contributed by atoms with Gasteiger partial charge >= 0.3 is 0 Å². The maximum Gasteiger partial charge on any atom is 0.161 e. The van der Waals surface area contributed by atoms with Crippen LogP contribution < -0.4 is 20.7 Å². The van der Waals surface area contributed by atoms with E-state index in [1.807, 2.05) is 24.3 Å². The quantitative estimate of drug-likeness (QED) is 0.661. The van der Waals surface area contributed by atoms with Crippen LogP contribution in [0.2, 0.25) is 0 Å². The summed E-state index contributed by atoms with van der Waals surface area (Å²) in [5, 5.41) is 0. The average molecular weight is 349 g/mol. The van der Waals surface area contributed by atoms with Gasteiger partial charge in [-0.05, 0) is 47.9 Å². The number of nitrogens with two attached hydrogens (primary N) is 1. The minimum Gasteiger partial charge on any atom is -0.486 e. The van der Waals surface area contributed by atoms with Crippen LogP contribution in [0, 0.1) is 6.92 Å². The standard InChI is InChI=1S/C16H17BrN2O2/c1-10-2-4-12(17)9-13(10)16(19-18)11-3-5-14-15(8-11)21-7-6-20-14/h2-5,8-9,16,19H,6-7,18H2,1H3. The summed E-state index contributed by atoms with van der Waals surface area (Å²) in [6, 6.07) is 12.0. The van der Waals surface area contributed by atoms with Gasteiger partial charge in [-0.2, -0.15) is 0 Å². The van der Waals surface area contributed by atoms with Gasteiger partial charge in [-0.15, -0.1) is 0 Å². The van der Waals surface area contributed by atoms with Crippen molar-refractivity contribution in [2.75, 3.05) is 13.2 Å². The SMILES string of the molecule is Cc1ccc(Br)cc1C(NN)c1ccc2c(c1)OCCO2. The summed E-state index contributed by atoms with van der Waals surface area (Å²) in [6.07, 6.45) is 0. The molecule has 0 bridgehead atoms. The van der Waals surface area contributed by atoms with Crippen LogP contribution in [0.4, 0.5) is 0 Å². The number of aryl methyl sites for hydroxylation is 1. The first kappa shape index (κ1) is 14.4. The van der Waals surface area contributed by atoms with Gasteiger partial charge in [0.05, 0.1) is 6.04 Å². The topological polar surface area (TPSA) is 56.5 Å². The lowest BCUT2D eigenvalue weighted by Crippen LogP contribution is -2.29. The second-order valence-corrected chi connectivity index (χ2v) is 5.92. The summed E-state index contributed by atoms with van der Waals surface area (Å²) < 4.78 is 12.2. The Hall–Kier alpha value is -1.56. The number of hydrogen-bond acceptors (Lipinski definition) is 4. The van der Waals surface area contributed by atoms with Gasteiger partial charge in [0.15, 0.2) is 11.5 Å². The van der Waals surface area contributed by atoms with Gasteiger partial charge in [0.1, 0.15) is 13.2 Å². The lowest BCUT2D eigenvalue weighted by atomic mass is 9.95. The Morgan fingerprint density at radius 3 is 2.62 bits per heavy atom. The first-order valence-corrected chi connectivity index (χ1v) is 7.60. The van der Waals surface area contributed by atoms with E-state index >= 15 is 0 Å². The fourth-order valence-electron chi connectivity index (χ4n) is 2.53. The number of hydrogen-bond donors (Lipinski definition) is 2. The molecule has 3 N–H and O–H groups in total. The summed E-state index contributed by atoms with van der Waals surface area (Å²) in [5.74, 6) is 7.35. The highest BCUT2D eigenvalue weighted by Gasteiger charge is 2.19. The second-order valence-electron chi connectivity index (χ2n) is 5.00. The Balaban J connectivity index is 2.01. The zero-order valence-electron chi connectivity index (χ0n) is 11.7. The molecule has 1 unspecified atom stereocenters. The van der Waals surface area contributed by atoms with E-state index < -0.39 is 0 Å². The van der Waals surface area contributed by atoms with E-state index in [0.29, 0.717) is 13.2 Å². The third kappa shape index (κ3) is 2.90. The van der Waals surface area contributed by atoms with Gasteiger partial charge in [0.25, 0.3) is 0 Å². The molecule has 3 rings (SSSR count). The monoisotopic (exact) mass is 348 g/mol. The molecule has 0 amide bonds. The molecule has 1 heterocycles. The van der Waals surface area contributed by atoms with E-state index in [0.717, 1.165) is 27.1 Å². The van der Waals surface area contributed by atoms with Crippen LogP contribution in [0.1, 0.15) is 22.7 Å². The van der Waals surface area contributed by atoms with E-state index in [4.69, 9.17) is 15.3 Å². The summed E-state index contributed by atoms with van der Waals surface area (Å²) in [6.45, 7) is 3.24. The second kappa shape index (κ2) is 6.05. The molecule has 0 saturated heterocycles. The largest absolute Gasteiger partial charge is 0.486 e. The van der Waals surface area contributed by atoms with Gasteiger partial charge in [-0.3, -0.25) is 5.84 Å². The van der Waals surface area contributed by atoms with Crippen LogP contribution in [0.15, 0.2) is 40.9 Å². The summed E-state index contributed by atoms with van der Waals surface area (Å²) in [5.41, 5.74) is 6.24. The molecule has 1 atom stereocenters. The third-order valence-electron chi connectivity index (χ3n) is 3.62. The fraction of sp³-hybridized carbons (Fsp3) is 0.250. The van der Waals surface area contributed by atoms with Crippen molar-refractivity contribution in [3.05, 3.63) is 57.6 Å². The summed E-state index contributed by atoms with van der Waals surface area (Å²) in [4.78, 5) is 0. The van der Waals surface area contributed by atoms with E-state index in [1.54, 1.807) is 0 Å². The van der Waals surface area contributed by atoms with Crippen LogP contribution in [-0.4, -0.2) is 13.2 Å². The Kier molecular flexibility index (Phi) is 4.14. The van der Waals surface area contributed by atoms with Crippen LogP contribution in [0.5, 0.6) is 11.5 Å². The first-order valence-electron chi connectivity index (χ1n) is 6.81. The first-order chi connectivity index (χ1) is 10.2. The molecular formula is C16H17BrN2O2. The van der Waals surface area contributed by atoms with E-state index in [9.17, 15) is 0 Å². The van der Waals surface area contributed by atoms with E-state index in [1.165, 1.54) is 5.56 Å². The van der Waals surface area contributed by atoms with Crippen molar-refractivity contribution >= 4 is 15.9 Å². The minimum atomic E-state index is -0.0988. The molecular weight excluding hydrogens is 332 g/mol. The van der Waals surface area contributed by atoms with Gasteiger partial charge in [0.2, 0.25) is 0 Å². The van der Waals surface area contributed by atoms with Crippen molar-refractivity contribution in [1.29, 1.82) is 0 Å². The molecule has 0 saturated carbocycles. The van der Waals surface area contributed by atoms with Gasteiger partial charge in [-0.25, -0.2) is 5.43 Å². The molecule has 110 valence electrons. The fourth-order valence-corrected chi connectivity index (χ4v) is 2.91. The molecule has 5 heteroatoms. The lowest BCUT2D eigenvalue weighted by Gasteiger charge is -2.23. The summed E-state index contributed by atoms with van der Waals surface area (Å²) in [7, 11) is 0. The molecule has 0 spiro atoms. The highest BCUT2D eigenvalue weighted by Crippen LogP contribution is 2.35. The summed E-state index contributed by atoms with van der Waals surface area (Å²) >= 11 is 3.51. The predicted molar refractivity (Wildman–Crippen MR) is 85.5 cm³/mol. The highest BCUT2D eigenvalue weighted by atomic mass is 79.9. The number of benzene rings is 2. The van der Waals surface area contributed by atoms with Crippen molar-refractivity contribution in [3.63, 3.8) is 0 Å². The zero-order chi connectivity index (χ0) is 14.8. The normalized spacial score (nSPS) is 14.8. The molecule has 0 fully saturated rings. The molecule has 2 aromatic carbocycles. The molecule has 21 heavy (non-hydrogen) atoms. The smallest absolute Gasteiger partial charge is 0.161 e. The Bertz CT molecular complexity index is 661.